The fraction of sp³-hybridized carbons (Fsp3) is 0.500. The van der Waals surface area contributed by atoms with Gasteiger partial charge in [0.05, 0.1) is 14.1 Å². The lowest BCUT2D eigenvalue weighted by Gasteiger charge is -2.11. The molecule has 1 aromatic carbocycles. The minimum absolute atomic E-state index is 0. The van der Waals surface area contributed by atoms with Crippen molar-refractivity contribution in [1.29, 1.82) is 0 Å². The van der Waals surface area contributed by atoms with Gasteiger partial charge in [0.1, 0.15) is 37.2 Å². The van der Waals surface area contributed by atoms with Gasteiger partial charge in [-0.05, 0) is 17.7 Å². The number of quaternary nitrogens is 2. The summed E-state index contributed by atoms with van der Waals surface area (Å²) in [6.07, 6.45) is -0.676. The molecule has 0 saturated carbocycles. The molecule has 1 rings (SSSR count). The number of likely N-dealkylation sites (N-methyl/N-ethyl adjacent to an activating group) is 1. The highest BCUT2D eigenvalue weighted by atomic mass is 35.5. The number of aromatic hydroxyl groups is 2. The number of nitrogens with one attached hydrogen (secondary N) is 1. The summed E-state index contributed by atoms with van der Waals surface area (Å²) in [5.41, 5.74) is 0.538. The molecule has 0 fully saturated rings. The Morgan fingerprint density at radius 2 is 1.63 bits per heavy atom. The number of phenolic OH excluding ortho intramolecular Hbond substituents is 2. The molecule has 0 aliphatic rings. The molecule has 0 amide bonds. The first-order chi connectivity index (χ1) is 7.99. The molecular weight excluding hydrogens is 291 g/mol. The molecule has 1 aromatic rings. The third-order valence-electron chi connectivity index (χ3n) is 2.55. The highest BCUT2D eigenvalue weighted by molar-refractivity contribution is 5.37. The van der Waals surface area contributed by atoms with E-state index >= 15 is 0 Å². The lowest BCUT2D eigenvalue weighted by atomic mass is 10.1. The predicted molar refractivity (Wildman–Crippen MR) is 64.1 cm³/mol. The first-order valence-electron chi connectivity index (χ1n) is 5.80. The number of halogens is 2. The van der Waals surface area contributed by atoms with Crippen LogP contribution in [0.25, 0.3) is 0 Å². The summed E-state index contributed by atoms with van der Waals surface area (Å²) >= 11 is 0. The molecule has 0 aromatic heterocycles. The van der Waals surface area contributed by atoms with Crippen molar-refractivity contribution in [1.82, 2.24) is 0 Å². The van der Waals surface area contributed by atoms with E-state index in [1.165, 1.54) is 23.1 Å². The van der Waals surface area contributed by atoms with Crippen LogP contribution in [-0.2, 0) is 0 Å². The fourth-order valence-electron chi connectivity index (χ4n) is 1.61. The summed E-state index contributed by atoms with van der Waals surface area (Å²) in [7, 11) is 4.16. The maximum atomic E-state index is 9.87. The molecule has 19 heavy (non-hydrogen) atoms. The van der Waals surface area contributed by atoms with Gasteiger partial charge in [-0.25, -0.2) is 0 Å². The third kappa shape index (κ3) is 8.13. The van der Waals surface area contributed by atoms with Gasteiger partial charge in [-0.15, -0.1) is 0 Å². The van der Waals surface area contributed by atoms with Crippen molar-refractivity contribution in [3.05, 3.63) is 23.8 Å². The van der Waals surface area contributed by atoms with Gasteiger partial charge in [0.2, 0.25) is 0 Å². The molecule has 1 atom stereocenters. The Morgan fingerprint density at radius 1 is 1.11 bits per heavy atom. The number of phenols is 2. The topological polar surface area (TPSA) is 81.7 Å². The van der Waals surface area contributed by atoms with Gasteiger partial charge in [0.15, 0.2) is 0 Å². The SMILES string of the molecule is C[NH+](C)CC[NH2+]CC(O)c1cc(O)cc(O)c1.[Cl-].[Cl-]. The summed E-state index contributed by atoms with van der Waals surface area (Å²) in [4.78, 5) is 1.37. The Kier molecular flexibility index (Phi) is 11.0. The van der Waals surface area contributed by atoms with Crippen molar-refractivity contribution < 1.29 is 50.4 Å². The second-order valence-corrected chi connectivity index (χ2v) is 4.57. The van der Waals surface area contributed by atoms with Gasteiger partial charge in [-0.1, -0.05) is 0 Å². The van der Waals surface area contributed by atoms with E-state index in [-0.39, 0.29) is 36.3 Å². The quantitative estimate of drug-likeness (QED) is 0.338. The Morgan fingerprint density at radius 3 is 2.11 bits per heavy atom. The highest BCUT2D eigenvalue weighted by Gasteiger charge is 2.11. The second-order valence-electron chi connectivity index (χ2n) is 4.57. The minimum atomic E-state index is -0.676. The van der Waals surface area contributed by atoms with Crippen LogP contribution in [0.15, 0.2) is 18.2 Å². The molecule has 0 bridgehead atoms. The zero-order chi connectivity index (χ0) is 12.8. The van der Waals surface area contributed by atoms with Gasteiger partial charge in [0.25, 0.3) is 0 Å². The maximum absolute atomic E-state index is 9.87. The third-order valence-corrected chi connectivity index (χ3v) is 2.55. The average molecular weight is 313 g/mol. The Bertz CT molecular complexity index is 345. The van der Waals surface area contributed by atoms with Gasteiger partial charge in [-0.3, -0.25) is 0 Å². The molecule has 1 unspecified atom stereocenters. The molecular formula is C12H22Cl2N2O3. The van der Waals surface area contributed by atoms with E-state index in [2.05, 4.69) is 14.1 Å². The number of aliphatic hydroxyl groups is 1. The Labute approximate surface area is 126 Å². The van der Waals surface area contributed by atoms with Crippen molar-refractivity contribution in [3.63, 3.8) is 0 Å². The van der Waals surface area contributed by atoms with Crippen molar-refractivity contribution >= 4 is 0 Å². The lowest BCUT2D eigenvalue weighted by molar-refractivity contribution is -0.874. The maximum Gasteiger partial charge on any atom is 0.128 e. The van der Waals surface area contributed by atoms with Gasteiger partial charge < -0.3 is 50.4 Å². The number of rotatable bonds is 6. The largest absolute Gasteiger partial charge is 1.00 e. The van der Waals surface area contributed by atoms with Gasteiger partial charge in [0, 0.05) is 6.07 Å². The number of benzene rings is 1. The van der Waals surface area contributed by atoms with Gasteiger partial charge >= 0.3 is 0 Å². The predicted octanol–water partition coefficient (Wildman–Crippen LogP) is -8.15. The standard InChI is InChI=1S/C12H20N2O3.2ClH/c1-14(2)4-3-13-8-12(17)9-5-10(15)7-11(16)6-9;;/h5-7,12-13,15-17H,3-4,8H2,1-2H3;2*1H. The minimum Gasteiger partial charge on any atom is -1.00 e. The molecule has 7 heteroatoms. The number of aliphatic hydroxyl groups excluding tert-OH is 1. The Hall–Kier alpha value is -0.720. The molecule has 0 spiro atoms. The van der Waals surface area contributed by atoms with E-state index in [4.69, 9.17) is 0 Å². The molecule has 0 radical (unpaired) electrons. The van der Waals surface area contributed by atoms with E-state index < -0.39 is 6.10 Å². The molecule has 6 N–H and O–H groups in total. The first kappa shape index (κ1) is 20.6. The second kappa shape index (κ2) is 10.1. The van der Waals surface area contributed by atoms with E-state index in [1.54, 1.807) is 0 Å². The van der Waals surface area contributed by atoms with Crippen LogP contribution in [0.4, 0.5) is 0 Å². The fourth-order valence-corrected chi connectivity index (χ4v) is 1.61. The smallest absolute Gasteiger partial charge is 0.128 e. The van der Waals surface area contributed by atoms with Crippen LogP contribution < -0.4 is 35.0 Å². The zero-order valence-corrected chi connectivity index (χ0v) is 12.6. The molecule has 0 saturated heterocycles. The molecule has 5 nitrogen and oxygen atoms in total. The lowest BCUT2D eigenvalue weighted by Crippen LogP contribution is -3.09. The van der Waals surface area contributed by atoms with E-state index in [0.29, 0.717) is 12.1 Å². The zero-order valence-electron chi connectivity index (χ0n) is 11.1. The Balaban J connectivity index is 0. The number of hydrogen-bond acceptors (Lipinski definition) is 3. The number of hydrogen-bond donors (Lipinski definition) is 5. The van der Waals surface area contributed by atoms with E-state index in [9.17, 15) is 15.3 Å². The van der Waals surface area contributed by atoms with Crippen LogP contribution >= 0.6 is 0 Å². The molecule has 0 aliphatic carbocycles. The molecule has 0 heterocycles. The van der Waals surface area contributed by atoms with Crippen molar-refractivity contribution in [2.24, 2.45) is 0 Å². The van der Waals surface area contributed by atoms with Crippen molar-refractivity contribution in [3.8, 4) is 11.5 Å². The van der Waals surface area contributed by atoms with Crippen molar-refractivity contribution in [2.45, 2.75) is 6.10 Å². The number of nitrogens with two attached hydrogens (primary N) is 1. The van der Waals surface area contributed by atoms with Crippen molar-refractivity contribution in [2.75, 3.05) is 33.7 Å². The summed E-state index contributed by atoms with van der Waals surface area (Å²) in [5, 5.41) is 30.5. The van der Waals surface area contributed by atoms with E-state index in [0.717, 1.165) is 13.1 Å². The van der Waals surface area contributed by atoms with Crippen LogP contribution in [0.5, 0.6) is 11.5 Å². The van der Waals surface area contributed by atoms with Crippen LogP contribution in [0.1, 0.15) is 11.7 Å². The average Bonchev–Trinajstić information content (AvgIpc) is 2.22. The van der Waals surface area contributed by atoms with Crippen LogP contribution in [0.3, 0.4) is 0 Å². The monoisotopic (exact) mass is 312 g/mol. The normalized spacial score (nSPS) is 11.6. The summed E-state index contributed by atoms with van der Waals surface area (Å²) in [5.74, 6) is -0.0615. The van der Waals surface area contributed by atoms with Crippen LogP contribution in [0.2, 0.25) is 0 Å². The molecule has 0 aliphatic heterocycles. The highest BCUT2D eigenvalue weighted by Crippen LogP contribution is 2.23. The van der Waals surface area contributed by atoms with Crippen LogP contribution in [0, 0.1) is 0 Å². The van der Waals surface area contributed by atoms with Gasteiger partial charge in [-0.2, -0.15) is 0 Å². The summed E-state index contributed by atoms with van der Waals surface area (Å²) < 4.78 is 0. The van der Waals surface area contributed by atoms with Crippen LogP contribution in [-0.4, -0.2) is 49.0 Å². The summed E-state index contributed by atoms with van der Waals surface area (Å²) in [6.45, 7) is 2.48. The summed E-state index contributed by atoms with van der Waals surface area (Å²) in [6, 6.07) is 4.18. The van der Waals surface area contributed by atoms with E-state index in [1.807, 2.05) is 5.32 Å². The molecule has 112 valence electrons. The first-order valence-corrected chi connectivity index (χ1v) is 5.80.